The van der Waals surface area contributed by atoms with Crippen LogP contribution in [0.1, 0.15) is 13.8 Å². The molecule has 0 saturated carbocycles. The number of aromatic nitrogens is 3. The van der Waals surface area contributed by atoms with Crippen LogP contribution >= 0.6 is 0 Å². The van der Waals surface area contributed by atoms with Crippen molar-refractivity contribution in [2.24, 2.45) is 0 Å². The Bertz CT molecular complexity index is 789. The predicted octanol–water partition coefficient (Wildman–Crippen LogP) is 4.14. The van der Waals surface area contributed by atoms with Crippen LogP contribution in [0.25, 0.3) is 22.8 Å². The third-order valence-corrected chi connectivity index (χ3v) is 3.19. The van der Waals surface area contributed by atoms with Crippen molar-refractivity contribution in [1.82, 2.24) is 15.0 Å². The number of hydrogen-bond donors (Lipinski definition) is 0. The van der Waals surface area contributed by atoms with Crippen molar-refractivity contribution in [1.29, 1.82) is 0 Å². The zero-order valence-corrected chi connectivity index (χ0v) is 13.1. The molecule has 0 fully saturated rings. The summed E-state index contributed by atoms with van der Waals surface area (Å²) >= 11 is 0. The Hall–Kier alpha value is -2.95. The first-order valence-corrected chi connectivity index (χ1v) is 7.30. The Kier molecular flexibility index (Phi) is 4.47. The maximum atomic E-state index is 5.77. The van der Waals surface area contributed by atoms with E-state index in [0.717, 1.165) is 16.9 Å². The first-order valence-electron chi connectivity index (χ1n) is 7.30. The molecule has 0 aliphatic heterocycles. The lowest BCUT2D eigenvalue weighted by atomic mass is 10.2. The molecule has 0 aliphatic carbocycles. The lowest BCUT2D eigenvalue weighted by Gasteiger charge is -2.04. The normalized spacial score (nSPS) is 10.3. The second-order valence-corrected chi connectivity index (χ2v) is 5.27. The number of oxazole rings is 1. The minimum absolute atomic E-state index is 0.504. The van der Waals surface area contributed by atoms with E-state index in [9.17, 15) is 0 Å². The summed E-state index contributed by atoms with van der Waals surface area (Å²) in [6, 6.07) is 7.73. The van der Waals surface area contributed by atoms with Crippen LogP contribution in [-0.2, 0) is 0 Å². The summed E-state index contributed by atoms with van der Waals surface area (Å²) in [6.07, 6.45) is 8.55. The highest BCUT2D eigenvalue weighted by molar-refractivity contribution is 5.60. The number of ether oxygens (including phenoxy) is 1. The average Bonchev–Trinajstić information content (AvgIpc) is 3.06. The van der Waals surface area contributed by atoms with E-state index in [0.29, 0.717) is 18.3 Å². The first-order chi connectivity index (χ1) is 11.2. The highest BCUT2D eigenvalue weighted by Gasteiger charge is 2.09. The first kappa shape index (κ1) is 15.0. The molecule has 1 aromatic carbocycles. The molecular weight excluding hydrogens is 290 g/mol. The van der Waals surface area contributed by atoms with Crippen LogP contribution in [0.15, 0.2) is 65.2 Å². The van der Waals surface area contributed by atoms with Gasteiger partial charge in [0.25, 0.3) is 0 Å². The summed E-state index contributed by atoms with van der Waals surface area (Å²) in [7, 11) is 0. The second kappa shape index (κ2) is 6.87. The molecule has 0 saturated heterocycles. The van der Waals surface area contributed by atoms with Gasteiger partial charge in [0.2, 0.25) is 5.89 Å². The minimum atomic E-state index is 0.504. The van der Waals surface area contributed by atoms with Gasteiger partial charge in [0, 0.05) is 18.0 Å². The maximum absolute atomic E-state index is 5.77. The zero-order valence-electron chi connectivity index (χ0n) is 13.1. The van der Waals surface area contributed by atoms with Crippen LogP contribution in [0.2, 0.25) is 0 Å². The van der Waals surface area contributed by atoms with Crippen molar-refractivity contribution in [2.45, 2.75) is 13.8 Å². The van der Waals surface area contributed by atoms with E-state index in [-0.39, 0.29) is 0 Å². The molecule has 0 spiro atoms. The van der Waals surface area contributed by atoms with Crippen molar-refractivity contribution in [3.8, 4) is 28.5 Å². The molecule has 2 heterocycles. The maximum Gasteiger partial charge on any atom is 0.229 e. The van der Waals surface area contributed by atoms with Gasteiger partial charge in [-0.2, -0.15) is 0 Å². The molecular formula is C18H17N3O2. The third-order valence-electron chi connectivity index (χ3n) is 3.19. The molecule has 0 radical (unpaired) electrons. The van der Waals surface area contributed by atoms with Gasteiger partial charge in [0.15, 0.2) is 5.76 Å². The third kappa shape index (κ3) is 3.83. The number of benzene rings is 1. The van der Waals surface area contributed by atoms with Crippen LogP contribution in [-0.4, -0.2) is 21.6 Å². The van der Waals surface area contributed by atoms with Crippen molar-refractivity contribution in [3.05, 3.63) is 60.8 Å². The minimum Gasteiger partial charge on any atom is -0.490 e. The van der Waals surface area contributed by atoms with Crippen molar-refractivity contribution >= 4 is 0 Å². The standard InChI is InChI=1S/C18H17N3O2/c1-13(2)7-8-22-16-5-3-14(4-6-16)17-11-21-18(23-17)15-9-19-12-20-10-15/h3-7,9-12H,8H2,1-2H3. The molecule has 0 bridgehead atoms. The van der Waals surface area contributed by atoms with Gasteiger partial charge in [-0.3, -0.25) is 0 Å². The van der Waals surface area contributed by atoms with Crippen molar-refractivity contribution < 1.29 is 9.15 Å². The van der Waals surface area contributed by atoms with Gasteiger partial charge < -0.3 is 9.15 Å². The van der Waals surface area contributed by atoms with Crippen molar-refractivity contribution in [3.63, 3.8) is 0 Å². The summed E-state index contributed by atoms with van der Waals surface area (Å²) in [4.78, 5) is 12.2. The summed E-state index contributed by atoms with van der Waals surface area (Å²) in [5.41, 5.74) is 2.93. The van der Waals surface area contributed by atoms with Gasteiger partial charge in [0.05, 0.1) is 11.8 Å². The lowest BCUT2D eigenvalue weighted by Crippen LogP contribution is -1.93. The van der Waals surface area contributed by atoms with Crippen LogP contribution < -0.4 is 4.74 Å². The summed E-state index contributed by atoms with van der Waals surface area (Å²) in [6.45, 7) is 4.67. The van der Waals surface area contributed by atoms with Crippen LogP contribution in [0, 0.1) is 0 Å². The Morgan fingerprint density at radius 3 is 2.48 bits per heavy atom. The fourth-order valence-electron chi connectivity index (χ4n) is 1.97. The van der Waals surface area contributed by atoms with Crippen LogP contribution in [0.3, 0.4) is 0 Å². The van der Waals surface area contributed by atoms with E-state index in [1.165, 1.54) is 11.9 Å². The SMILES string of the molecule is CC(C)=CCOc1ccc(-c2cnc(-c3cncnc3)o2)cc1. The molecule has 3 aromatic rings. The Labute approximate surface area is 134 Å². The summed E-state index contributed by atoms with van der Waals surface area (Å²) in [5, 5.41) is 0. The molecule has 0 aliphatic rings. The van der Waals surface area contributed by atoms with Crippen molar-refractivity contribution in [2.75, 3.05) is 6.61 Å². The molecule has 0 atom stereocenters. The van der Waals surface area contributed by atoms with Gasteiger partial charge in [-0.25, -0.2) is 15.0 Å². The second-order valence-electron chi connectivity index (χ2n) is 5.27. The molecule has 5 heteroatoms. The molecule has 2 aromatic heterocycles. The van der Waals surface area contributed by atoms with Gasteiger partial charge >= 0.3 is 0 Å². The van der Waals surface area contributed by atoms with E-state index in [1.807, 2.05) is 44.2 Å². The van der Waals surface area contributed by atoms with Gasteiger partial charge in [-0.1, -0.05) is 5.57 Å². The average molecular weight is 307 g/mol. The van der Waals surface area contributed by atoms with Gasteiger partial charge in [-0.15, -0.1) is 0 Å². The number of allylic oxidation sites excluding steroid dienone is 1. The molecule has 0 amide bonds. The Morgan fingerprint density at radius 2 is 1.78 bits per heavy atom. The number of nitrogens with zero attached hydrogens (tertiary/aromatic N) is 3. The molecule has 3 rings (SSSR count). The lowest BCUT2D eigenvalue weighted by molar-refractivity contribution is 0.362. The highest BCUT2D eigenvalue weighted by atomic mass is 16.5. The van der Waals surface area contributed by atoms with Crippen LogP contribution in [0.5, 0.6) is 5.75 Å². The van der Waals surface area contributed by atoms with Gasteiger partial charge in [-0.05, 0) is 44.2 Å². The Balaban J connectivity index is 1.73. The largest absolute Gasteiger partial charge is 0.490 e. The number of hydrogen-bond acceptors (Lipinski definition) is 5. The molecule has 0 unspecified atom stereocenters. The van der Waals surface area contributed by atoms with Crippen LogP contribution in [0.4, 0.5) is 0 Å². The van der Waals surface area contributed by atoms with E-state index >= 15 is 0 Å². The van der Waals surface area contributed by atoms with E-state index in [4.69, 9.17) is 9.15 Å². The summed E-state index contributed by atoms with van der Waals surface area (Å²) in [5.74, 6) is 2.02. The Morgan fingerprint density at radius 1 is 1.04 bits per heavy atom. The van der Waals surface area contributed by atoms with E-state index in [2.05, 4.69) is 15.0 Å². The monoisotopic (exact) mass is 307 g/mol. The fourth-order valence-corrected chi connectivity index (χ4v) is 1.97. The number of rotatable bonds is 5. The zero-order chi connectivity index (χ0) is 16.1. The quantitative estimate of drug-likeness (QED) is 0.663. The molecule has 116 valence electrons. The van der Waals surface area contributed by atoms with E-state index < -0.39 is 0 Å². The van der Waals surface area contributed by atoms with Gasteiger partial charge in [0.1, 0.15) is 18.7 Å². The molecule has 0 N–H and O–H groups in total. The smallest absolute Gasteiger partial charge is 0.229 e. The molecule has 5 nitrogen and oxygen atoms in total. The topological polar surface area (TPSA) is 61.0 Å². The molecule has 23 heavy (non-hydrogen) atoms. The highest BCUT2D eigenvalue weighted by Crippen LogP contribution is 2.26. The summed E-state index contributed by atoms with van der Waals surface area (Å²) < 4.78 is 11.4. The predicted molar refractivity (Wildman–Crippen MR) is 87.9 cm³/mol. The van der Waals surface area contributed by atoms with E-state index in [1.54, 1.807) is 18.6 Å². The fraction of sp³-hybridized carbons (Fsp3) is 0.167.